The van der Waals surface area contributed by atoms with Crippen molar-refractivity contribution in [2.24, 2.45) is 0 Å². The molecule has 0 bridgehead atoms. The number of benzene rings is 4. The third-order valence-corrected chi connectivity index (χ3v) is 5.82. The Hall–Kier alpha value is -4.43. The summed E-state index contributed by atoms with van der Waals surface area (Å²) in [5, 5.41) is 33.1. The van der Waals surface area contributed by atoms with Crippen LogP contribution < -0.4 is 9.69 Å². The number of nitrogens with zero attached hydrogens (tertiary/aromatic N) is 6. The van der Waals surface area contributed by atoms with E-state index in [4.69, 9.17) is 11.6 Å². The summed E-state index contributed by atoms with van der Waals surface area (Å²) in [4.78, 5) is 9.74. The summed E-state index contributed by atoms with van der Waals surface area (Å²) in [5.41, 5.74) is 4.95. The minimum absolute atomic E-state index is 0.0307. The quantitative estimate of drug-likeness (QED) is 0.250. The van der Waals surface area contributed by atoms with Crippen LogP contribution in [0.1, 0.15) is 11.1 Å². The Morgan fingerprint density at radius 1 is 0.657 bits per heavy atom. The predicted molar refractivity (Wildman–Crippen MR) is 134 cm³/mol. The van der Waals surface area contributed by atoms with Crippen molar-refractivity contribution in [2.75, 3.05) is 0 Å². The molecule has 0 aliphatic heterocycles. The molecule has 0 spiro atoms. The number of aryl methyl sites for hydroxylation is 2. The first-order valence-corrected chi connectivity index (χ1v) is 11.2. The van der Waals surface area contributed by atoms with Crippen molar-refractivity contribution in [3.8, 4) is 11.4 Å². The molecule has 0 unspecified atom stereocenters. The van der Waals surface area contributed by atoms with Crippen LogP contribution in [-0.4, -0.2) is 20.2 Å². The van der Waals surface area contributed by atoms with E-state index in [1.165, 1.54) is 0 Å². The number of hydrogen-bond donors (Lipinski definition) is 0. The molecule has 172 valence electrons. The molecule has 0 saturated heterocycles. The Morgan fingerprint density at radius 2 is 1.23 bits per heavy atom. The number of halogens is 1. The molecule has 8 nitrogen and oxygen atoms in total. The summed E-state index contributed by atoms with van der Waals surface area (Å²) in [6, 6.07) is 24.8. The van der Waals surface area contributed by atoms with Crippen LogP contribution in [0.25, 0.3) is 44.2 Å². The lowest BCUT2D eigenvalue weighted by Gasteiger charge is -2.07. The third kappa shape index (κ3) is 4.27. The number of hydrogen-bond acceptors (Lipinski definition) is 6. The number of rotatable bonds is 1. The van der Waals surface area contributed by atoms with Gasteiger partial charge in [0.1, 0.15) is 11.0 Å². The van der Waals surface area contributed by atoms with Gasteiger partial charge in [-0.25, -0.2) is 9.97 Å². The molecule has 2 aromatic heterocycles. The van der Waals surface area contributed by atoms with E-state index in [-0.39, 0.29) is 5.28 Å². The van der Waals surface area contributed by atoms with Gasteiger partial charge in [-0.2, -0.15) is 0 Å². The van der Waals surface area contributed by atoms with E-state index in [2.05, 4.69) is 20.2 Å². The highest BCUT2D eigenvalue weighted by Crippen LogP contribution is 2.26. The van der Waals surface area contributed by atoms with Crippen LogP contribution in [0.5, 0.6) is 0 Å². The Balaban J connectivity index is 0.000000166. The van der Waals surface area contributed by atoms with E-state index in [1.54, 1.807) is 18.2 Å². The standard InChI is InChI=1S/C18H13N3O.C8H6ClN3O/c1-12-6-4-11-16-17(12)19-18(20-21(16)22)15-10-5-8-13-7-2-3-9-14(13)15;1-5-3-2-4-6-7(5)10-8(9)11-12(6)13/h2-11H,1H3;2-4H,1H3. The van der Waals surface area contributed by atoms with Crippen molar-refractivity contribution in [1.82, 2.24) is 20.2 Å². The highest BCUT2D eigenvalue weighted by molar-refractivity contribution is 6.28. The Morgan fingerprint density at radius 3 is 1.94 bits per heavy atom. The normalized spacial score (nSPS) is 10.9. The van der Waals surface area contributed by atoms with E-state index in [0.29, 0.717) is 37.6 Å². The fourth-order valence-electron chi connectivity index (χ4n) is 3.93. The Kier molecular flexibility index (Phi) is 5.80. The lowest BCUT2D eigenvalue weighted by molar-refractivity contribution is -0.643. The first-order chi connectivity index (χ1) is 16.9. The maximum Gasteiger partial charge on any atom is 0.290 e. The lowest BCUT2D eigenvalue weighted by Crippen LogP contribution is -2.33. The van der Waals surface area contributed by atoms with Gasteiger partial charge in [-0.3, -0.25) is 0 Å². The van der Waals surface area contributed by atoms with Gasteiger partial charge in [0.05, 0.1) is 0 Å². The van der Waals surface area contributed by atoms with Crippen molar-refractivity contribution in [1.29, 1.82) is 0 Å². The molecule has 6 aromatic rings. The zero-order valence-corrected chi connectivity index (χ0v) is 19.6. The van der Waals surface area contributed by atoms with Gasteiger partial charge in [-0.1, -0.05) is 66.7 Å². The smallest absolute Gasteiger partial charge is 0.290 e. The molecule has 0 aliphatic rings. The van der Waals surface area contributed by atoms with Gasteiger partial charge in [0.2, 0.25) is 5.82 Å². The molecule has 2 heterocycles. The molecule has 0 amide bonds. The molecule has 0 fully saturated rings. The second kappa shape index (κ2) is 9.08. The van der Waals surface area contributed by atoms with E-state index in [0.717, 1.165) is 27.5 Å². The minimum Gasteiger partial charge on any atom is -0.594 e. The molecule has 0 radical (unpaired) electrons. The van der Waals surface area contributed by atoms with E-state index in [1.807, 2.05) is 74.5 Å². The van der Waals surface area contributed by atoms with Gasteiger partial charge in [-0.05, 0) is 57.0 Å². The average molecular weight is 483 g/mol. The topological polar surface area (TPSA) is 105 Å². The van der Waals surface area contributed by atoms with Gasteiger partial charge in [0.15, 0.2) is 0 Å². The van der Waals surface area contributed by atoms with Crippen molar-refractivity contribution in [3.63, 3.8) is 0 Å². The Labute approximate surface area is 205 Å². The monoisotopic (exact) mass is 482 g/mol. The van der Waals surface area contributed by atoms with Crippen LogP contribution in [0.4, 0.5) is 0 Å². The molecule has 0 saturated carbocycles. The van der Waals surface area contributed by atoms with Crippen LogP contribution in [0.2, 0.25) is 5.28 Å². The predicted octanol–water partition coefficient (Wildman–Crippen LogP) is 4.62. The fraction of sp³-hybridized carbons (Fsp3) is 0.0769. The van der Waals surface area contributed by atoms with Gasteiger partial charge in [-0.15, -0.1) is 0 Å². The number of fused-ring (bicyclic) bond motifs is 3. The summed E-state index contributed by atoms with van der Waals surface area (Å²) in [6.45, 7) is 3.81. The van der Waals surface area contributed by atoms with Crippen LogP contribution >= 0.6 is 11.6 Å². The zero-order valence-electron chi connectivity index (χ0n) is 18.9. The Bertz CT molecular complexity index is 1720. The maximum absolute atomic E-state index is 12.2. The molecule has 6 rings (SSSR count). The van der Waals surface area contributed by atoms with Gasteiger partial charge < -0.3 is 10.4 Å². The van der Waals surface area contributed by atoms with Crippen molar-refractivity contribution in [3.05, 3.63) is 106 Å². The first kappa shape index (κ1) is 22.4. The average Bonchev–Trinajstić information content (AvgIpc) is 2.85. The minimum atomic E-state index is -0.0307. The van der Waals surface area contributed by atoms with Gasteiger partial charge >= 0.3 is 0 Å². The summed E-state index contributed by atoms with van der Waals surface area (Å²) in [5.74, 6) is 0.452. The van der Waals surface area contributed by atoms with Crippen molar-refractivity contribution in [2.45, 2.75) is 13.8 Å². The van der Waals surface area contributed by atoms with E-state index in [9.17, 15) is 10.4 Å². The summed E-state index contributed by atoms with van der Waals surface area (Å²) in [7, 11) is 0. The second-order valence-electron chi connectivity index (χ2n) is 7.97. The van der Waals surface area contributed by atoms with Gasteiger partial charge in [0, 0.05) is 27.9 Å². The second-order valence-corrected chi connectivity index (χ2v) is 8.31. The summed E-state index contributed by atoms with van der Waals surface area (Å²) >= 11 is 5.55. The third-order valence-electron chi connectivity index (χ3n) is 5.66. The molecule has 35 heavy (non-hydrogen) atoms. The number of aromatic nitrogens is 6. The SMILES string of the molecule is Cc1cccc2c1nc(-c1cccc3ccccc13)n[n+]2[O-].Cc1cccc2c1nc(Cl)n[n+]2[O-]. The maximum atomic E-state index is 12.2. The molecule has 9 heteroatoms. The summed E-state index contributed by atoms with van der Waals surface area (Å²) in [6.07, 6.45) is 0. The van der Waals surface area contributed by atoms with Crippen LogP contribution in [0, 0.1) is 24.3 Å². The van der Waals surface area contributed by atoms with Crippen molar-refractivity contribution < 1.29 is 9.69 Å². The summed E-state index contributed by atoms with van der Waals surface area (Å²) < 4.78 is 0. The molecule has 0 aliphatic carbocycles. The number of para-hydroxylation sites is 2. The fourth-order valence-corrected chi connectivity index (χ4v) is 4.09. The van der Waals surface area contributed by atoms with Crippen LogP contribution in [-0.2, 0) is 0 Å². The van der Waals surface area contributed by atoms with Crippen molar-refractivity contribution >= 4 is 44.4 Å². The highest BCUT2D eigenvalue weighted by Gasteiger charge is 2.15. The molecular formula is C26H19ClN6O2. The molecule has 4 aromatic carbocycles. The van der Waals surface area contributed by atoms with Crippen LogP contribution in [0.3, 0.4) is 0 Å². The zero-order chi connectivity index (χ0) is 24.5. The lowest BCUT2D eigenvalue weighted by atomic mass is 10.0. The molecule has 0 N–H and O–H groups in total. The van der Waals surface area contributed by atoms with Crippen LogP contribution in [0.15, 0.2) is 78.9 Å². The van der Waals surface area contributed by atoms with Gasteiger partial charge in [0.25, 0.3) is 16.3 Å². The molecule has 0 atom stereocenters. The molecular weight excluding hydrogens is 464 g/mol. The van der Waals surface area contributed by atoms with E-state index < -0.39 is 0 Å². The first-order valence-electron chi connectivity index (χ1n) is 10.8. The largest absolute Gasteiger partial charge is 0.594 e. The highest BCUT2D eigenvalue weighted by atomic mass is 35.5. The van der Waals surface area contributed by atoms with E-state index >= 15 is 0 Å².